The van der Waals surface area contributed by atoms with Crippen molar-refractivity contribution in [1.82, 2.24) is 0 Å². The summed E-state index contributed by atoms with van der Waals surface area (Å²) in [5.41, 5.74) is 4.27. The van der Waals surface area contributed by atoms with Crippen molar-refractivity contribution >= 4 is 11.4 Å². The molecular formula is C29H28O3. The summed E-state index contributed by atoms with van der Waals surface area (Å²) in [6, 6.07) is 22.0. The van der Waals surface area contributed by atoms with E-state index in [1.165, 1.54) is 0 Å². The molecule has 0 aromatic heterocycles. The molecular weight excluding hydrogens is 396 g/mol. The van der Waals surface area contributed by atoms with Crippen molar-refractivity contribution in [2.45, 2.75) is 51.6 Å². The molecule has 2 atom stereocenters. The molecule has 32 heavy (non-hydrogen) atoms. The van der Waals surface area contributed by atoms with E-state index in [-0.39, 0.29) is 11.5 Å². The summed E-state index contributed by atoms with van der Waals surface area (Å²) >= 11 is 0. The lowest BCUT2D eigenvalue weighted by Gasteiger charge is -2.40. The van der Waals surface area contributed by atoms with Crippen molar-refractivity contribution in [2.24, 2.45) is 0 Å². The number of phenolic OH excluding ortho intramolecular Hbond substituents is 1. The minimum absolute atomic E-state index is 0.103. The summed E-state index contributed by atoms with van der Waals surface area (Å²) in [5.74, 6) is 1.04. The molecule has 0 saturated heterocycles. The topological polar surface area (TPSA) is 46.5 Å². The Morgan fingerprint density at radius 2 is 1.53 bits per heavy atom. The molecule has 1 heterocycles. The molecule has 0 saturated carbocycles. The van der Waals surface area contributed by atoms with E-state index in [9.17, 15) is 9.90 Å². The maximum Gasteiger partial charge on any atom is 0.177 e. The molecule has 162 valence electrons. The Morgan fingerprint density at radius 1 is 0.906 bits per heavy atom. The Hall–Kier alpha value is -3.33. The van der Waals surface area contributed by atoms with E-state index >= 15 is 0 Å². The highest BCUT2D eigenvalue weighted by molar-refractivity contribution is 6.18. The number of rotatable bonds is 4. The molecule has 0 fully saturated rings. The van der Waals surface area contributed by atoms with Gasteiger partial charge in [0.25, 0.3) is 0 Å². The smallest absolute Gasteiger partial charge is 0.177 e. The van der Waals surface area contributed by atoms with Gasteiger partial charge in [-0.1, -0.05) is 74.5 Å². The molecule has 3 aromatic rings. The Morgan fingerprint density at radius 3 is 2.12 bits per heavy atom. The van der Waals surface area contributed by atoms with Crippen LogP contribution in [0.3, 0.4) is 0 Å². The van der Waals surface area contributed by atoms with Gasteiger partial charge in [0.05, 0.1) is 0 Å². The van der Waals surface area contributed by atoms with Gasteiger partial charge >= 0.3 is 0 Å². The zero-order chi connectivity index (χ0) is 22.7. The van der Waals surface area contributed by atoms with Gasteiger partial charge in [-0.05, 0) is 49.4 Å². The number of hydrogen-bond donors (Lipinski definition) is 1. The van der Waals surface area contributed by atoms with Gasteiger partial charge in [-0.3, -0.25) is 4.79 Å². The normalized spacial score (nSPS) is 23.8. The summed E-state index contributed by atoms with van der Waals surface area (Å²) in [4.78, 5) is 14.4. The van der Waals surface area contributed by atoms with E-state index in [0.29, 0.717) is 12.8 Å². The third kappa shape index (κ3) is 2.29. The zero-order valence-electron chi connectivity index (χ0n) is 19.0. The third-order valence-corrected chi connectivity index (χ3v) is 7.57. The van der Waals surface area contributed by atoms with E-state index in [2.05, 4.69) is 31.2 Å². The van der Waals surface area contributed by atoms with Crippen LogP contribution >= 0.6 is 0 Å². The molecule has 5 rings (SSSR count). The van der Waals surface area contributed by atoms with Crippen LogP contribution in [0.4, 0.5) is 0 Å². The minimum atomic E-state index is -0.986. The van der Waals surface area contributed by atoms with Gasteiger partial charge < -0.3 is 9.84 Å². The van der Waals surface area contributed by atoms with E-state index < -0.39 is 11.0 Å². The first-order valence-electron chi connectivity index (χ1n) is 11.4. The number of hydrogen-bond acceptors (Lipinski definition) is 3. The van der Waals surface area contributed by atoms with Crippen LogP contribution < -0.4 is 4.74 Å². The molecule has 0 bridgehead atoms. The largest absolute Gasteiger partial charge is 0.508 e. The van der Waals surface area contributed by atoms with Crippen molar-refractivity contribution in [3.8, 4) is 11.5 Å². The SMILES string of the molecule is CCC1=C(c2ccccc2)[C@]2(c3ccccc3)Oc3c(cc(O)c(C)c3C)[C@]2(CC)C1=O. The highest BCUT2D eigenvalue weighted by Crippen LogP contribution is 2.68. The number of fused-ring (bicyclic) bond motifs is 3. The number of benzene rings is 3. The van der Waals surface area contributed by atoms with Crippen LogP contribution in [0.2, 0.25) is 0 Å². The monoisotopic (exact) mass is 424 g/mol. The van der Waals surface area contributed by atoms with Gasteiger partial charge in [-0.15, -0.1) is 0 Å². The fourth-order valence-corrected chi connectivity index (χ4v) is 5.93. The van der Waals surface area contributed by atoms with Crippen LogP contribution in [0, 0.1) is 13.8 Å². The van der Waals surface area contributed by atoms with E-state index in [1.54, 1.807) is 6.07 Å². The summed E-state index contributed by atoms with van der Waals surface area (Å²) in [6.45, 7) is 7.96. The van der Waals surface area contributed by atoms with Crippen LogP contribution in [-0.2, 0) is 15.8 Å². The van der Waals surface area contributed by atoms with Crippen molar-refractivity contribution in [3.05, 3.63) is 100 Å². The van der Waals surface area contributed by atoms with E-state index in [4.69, 9.17) is 4.74 Å². The summed E-state index contributed by atoms with van der Waals surface area (Å²) in [7, 11) is 0. The Bertz CT molecular complexity index is 1260. The average molecular weight is 425 g/mol. The molecule has 0 amide bonds. The van der Waals surface area contributed by atoms with Crippen LogP contribution in [0.15, 0.2) is 72.3 Å². The number of carbonyl (C=O) groups is 1. The first kappa shape index (κ1) is 20.6. The molecule has 1 aliphatic carbocycles. The number of ketones is 1. The van der Waals surface area contributed by atoms with Gasteiger partial charge in [0.15, 0.2) is 11.4 Å². The minimum Gasteiger partial charge on any atom is -0.508 e. The van der Waals surface area contributed by atoms with Crippen molar-refractivity contribution in [3.63, 3.8) is 0 Å². The van der Waals surface area contributed by atoms with Crippen LogP contribution in [-0.4, -0.2) is 10.9 Å². The molecule has 3 aromatic carbocycles. The standard InChI is InChI=1S/C29H28O3/c1-5-22-25(20-13-9-7-10-14-20)29(21-15-11-8-12-16-21)28(6-2,27(22)31)23-17-24(30)18(3)19(4)26(23)32-29/h7-17,30H,5-6H2,1-4H3/t28-,29+/m1/s1. The number of phenols is 1. The summed E-state index contributed by atoms with van der Waals surface area (Å²) in [6.07, 6.45) is 1.18. The maximum absolute atomic E-state index is 14.4. The predicted octanol–water partition coefficient (Wildman–Crippen LogP) is 6.39. The van der Waals surface area contributed by atoms with Crippen LogP contribution in [0.5, 0.6) is 11.5 Å². The lowest BCUT2D eigenvalue weighted by Crippen LogP contribution is -2.50. The molecule has 3 nitrogen and oxygen atoms in total. The number of allylic oxidation sites excluding steroid dienone is 1. The molecule has 1 N–H and O–H groups in total. The van der Waals surface area contributed by atoms with Gasteiger partial charge in [-0.25, -0.2) is 0 Å². The van der Waals surface area contributed by atoms with Crippen molar-refractivity contribution in [2.75, 3.05) is 0 Å². The van der Waals surface area contributed by atoms with Gasteiger partial charge in [0.1, 0.15) is 16.9 Å². The molecule has 0 radical (unpaired) electrons. The number of ether oxygens (including phenoxy) is 1. The second-order valence-corrected chi connectivity index (χ2v) is 8.83. The first-order chi connectivity index (χ1) is 15.4. The summed E-state index contributed by atoms with van der Waals surface area (Å²) in [5, 5.41) is 10.8. The molecule has 1 aliphatic heterocycles. The van der Waals surface area contributed by atoms with Gasteiger partial charge in [-0.2, -0.15) is 0 Å². The fourth-order valence-electron chi connectivity index (χ4n) is 5.93. The first-order valence-corrected chi connectivity index (χ1v) is 11.4. The molecule has 2 aliphatic rings. The Labute approximate surface area is 189 Å². The molecule has 3 heteroatoms. The summed E-state index contributed by atoms with van der Waals surface area (Å²) < 4.78 is 7.05. The lowest BCUT2D eigenvalue weighted by atomic mass is 9.62. The molecule has 0 spiro atoms. The second kappa shape index (κ2) is 7.09. The Kier molecular flexibility index (Phi) is 4.56. The van der Waals surface area contributed by atoms with Crippen LogP contribution in [0.25, 0.3) is 5.57 Å². The van der Waals surface area contributed by atoms with E-state index in [1.807, 2.05) is 57.2 Å². The highest BCUT2D eigenvalue weighted by Gasteiger charge is 2.71. The zero-order valence-corrected chi connectivity index (χ0v) is 19.0. The van der Waals surface area contributed by atoms with Crippen molar-refractivity contribution in [1.29, 1.82) is 0 Å². The number of carbonyl (C=O) groups excluding carboxylic acids is 1. The highest BCUT2D eigenvalue weighted by atomic mass is 16.5. The number of Topliss-reactive ketones (excluding diaryl/α,β-unsaturated/α-hetero) is 1. The lowest BCUT2D eigenvalue weighted by molar-refractivity contribution is -0.124. The van der Waals surface area contributed by atoms with Gasteiger partial charge in [0.2, 0.25) is 0 Å². The molecule has 0 unspecified atom stereocenters. The third-order valence-electron chi connectivity index (χ3n) is 7.57. The second-order valence-electron chi connectivity index (χ2n) is 8.83. The predicted molar refractivity (Wildman–Crippen MR) is 127 cm³/mol. The van der Waals surface area contributed by atoms with Crippen molar-refractivity contribution < 1.29 is 14.6 Å². The average Bonchev–Trinajstić information content (AvgIpc) is 3.24. The quantitative estimate of drug-likeness (QED) is 0.528. The number of aromatic hydroxyl groups is 1. The Balaban J connectivity index is 1.96. The van der Waals surface area contributed by atoms with Crippen LogP contribution in [0.1, 0.15) is 54.5 Å². The maximum atomic E-state index is 14.4. The fraction of sp³-hybridized carbons (Fsp3) is 0.276. The van der Waals surface area contributed by atoms with Gasteiger partial charge in [0, 0.05) is 22.3 Å². The van der Waals surface area contributed by atoms with E-state index in [0.717, 1.165) is 44.7 Å².